The molecule has 1 fully saturated rings. The second-order valence-corrected chi connectivity index (χ2v) is 5.60. The lowest BCUT2D eigenvalue weighted by Gasteiger charge is -2.40. The van der Waals surface area contributed by atoms with Crippen LogP contribution in [0.5, 0.6) is 0 Å². The number of nitrogens with two attached hydrogens (primary N) is 1. The van der Waals surface area contributed by atoms with Crippen LogP contribution in [0.3, 0.4) is 0 Å². The quantitative estimate of drug-likeness (QED) is 0.827. The summed E-state index contributed by atoms with van der Waals surface area (Å²) >= 11 is 0. The van der Waals surface area contributed by atoms with E-state index < -0.39 is 0 Å². The highest BCUT2D eigenvalue weighted by molar-refractivity contribution is 5.79. The van der Waals surface area contributed by atoms with Crippen LogP contribution in [0.15, 0.2) is 36.5 Å². The number of hydrogen-bond acceptors (Lipinski definition) is 2. The molecule has 0 bridgehead atoms. The average molecular weight is 240 g/mol. The first-order valence-corrected chi connectivity index (χ1v) is 6.84. The molecular formula is C16H20N2. The molecule has 2 unspecified atom stereocenters. The molecule has 1 aliphatic carbocycles. The number of rotatable bonds is 1. The molecule has 2 aromatic rings. The summed E-state index contributed by atoms with van der Waals surface area (Å²) in [5.74, 6) is 0.556. The lowest BCUT2D eigenvalue weighted by molar-refractivity contribution is 0.207. The minimum absolute atomic E-state index is 0.151. The Morgan fingerprint density at radius 2 is 2.17 bits per heavy atom. The van der Waals surface area contributed by atoms with Gasteiger partial charge in [-0.25, -0.2) is 0 Å². The zero-order chi connectivity index (χ0) is 12.6. The van der Waals surface area contributed by atoms with Crippen molar-refractivity contribution in [2.24, 2.45) is 11.7 Å². The van der Waals surface area contributed by atoms with Gasteiger partial charge in [-0.1, -0.05) is 31.9 Å². The van der Waals surface area contributed by atoms with Crippen molar-refractivity contribution in [3.05, 3.63) is 42.1 Å². The fraction of sp³-hybridized carbons (Fsp3) is 0.438. The smallest absolute Gasteiger partial charge is 0.0702 e. The van der Waals surface area contributed by atoms with Crippen LogP contribution in [0.2, 0.25) is 0 Å². The summed E-state index contributed by atoms with van der Waals surface area (Å²) < 4.78 is 0. The van der Waals surface area contributed by atoms with Gasteiger partial charge >= 0.3 is 0 Å². The molecule has 1 heterocycles. The Labute approximate surface area is 108 Å². The van der Waals surface area contributed by atoms with Crippen LogP contribution < -0.4 is 5.73 Å². The van der Waals surface area contributed by atoms with E-state index in [-0.39, 0.29) is 5.54 Å². The first-order chi connectivity index (χ1) is 8.70. The van der Waals surface area contributed by atoms with Gasteiger partial charge in [0.15, 0.2) is 0 Å². The van der Waals surface area contributed by atoms with Crippen molar-refractivity contribution in [3.63, 3.8) is 0 Å². The first kappa shape index (κ1) is 11.7. The molecule has 0 amide bonds. The predicted molar refractivity (Wildman–Crippen MR) is 75.2 cm³/mol. The second kappa shape index (κ2) is 4.36. The fourth-order valence-corrected chi connectivity index (χ4v) is 3.17. The topological polar surface area (TPSA) is 38.9 Å². The summed E-state index contributed by atoms with van der Waals surface area (Å²) in [7, 11) is 0. The average Bonchev–Trinajstić information content (AvgIpc) is 2.42. The minimum Gasteiger partial charge on any atom is -0.321 e. The van der Waals surface area contributed by atoms with E-state index in [0.29, 0.717) is 5.92 Å². The van der Waals surface area contributed by atoms with Gasteiger partial charge in [-0.15, -0.1) is 0 Å². The van der Waals surface area contributed by atoms with Gasteiger partial charge < -0.3 is 5.73 Å². The van der Waals surface area contributed by atoms with E-state index in [2.05, 4.69) is 36.2 Å². The molecule has 0 radical (unpaired) electrons. The summed E-state index contributed by atoms with van der Waals surface area (Å²) in [6.07, 6.45) is 6.73. The maximum atomic E-state index is 6.69. The molecule has 18 heavy (non-hydrogen) atoms. The van der Waals surface area contributed by atoms with Gasteiger partial charge in [-0.05, 0) is 42.5 Å². The van der Waals surface area contributed by atoms with Crippen LogP contribution in [0.1, 0.15) is 38.2 Å². The summed E-state index contributed by atoms with van der Waals surface area (Å²) in [6.45, 7) is 2.28. The van der Waals surface area contributed by atoms with Gasteiger partial charge in [0, 0.05) is 17.1 Å². The summed E-state index contributed by atoms with van der Waals surface area (Å²) in [6, 6.07) is 10.6. The fourth-order valence-electron chi connectivity index (χ4n) is 3.17. The largest absolute Gasteiger partial charge is 0.321 e. The minimum atomic E-state index is -0.151. The Kier molecular flexibility index (Phi) is 2.83. The van der Waals surface area contributed by atoms with E-state index in [9.17, 15) is 0 Å². The number of hydrogen-bond donors (Lipinski definition) is 1. The first-order valence-electron chi connectivity index (χ1n) is 6.84. The van der Waals surface area contributed by atoms with Gasteiger partial charge in [0.25, 0.3) is 0 Å². The van der Waals surface area contributed by atoms with Gasteiger partial charge in [-0.3, -0.25) is 4.98 Å². The number of nitrogens with zero attached hydrogens (tertiary/aromatic N) is 1. The molecule has 1 aromatic heterocycles. The maximum Gasteiger partial charge on any atom is 0.0702 e. The number of benzene rings is 1. The highest BCUT2D eigenvalue weighted by Gasteiger charge is 2.35. The third kappa shape index (κ3) is 1.81. The van der Waals surface area contributed by atoms with E-state index in [0.717, 1.165) is 11.9 Å². The molecular weight excluding hydrogens is 220 g/mol. The molecule has 1 aromatic carbocycles. The standard InChI is InChI=1S/C16H20N2/c1-12-5-2-3-9-16(12,17)14-7-8-15-13(11-14)6-4-10-18-15/h4,6-8,10-12H,2-3,5,9,17H2,1H3. The third-order valence-corrected chi connectivity index (χ3v) is 4.50. The van der Waals surface area contributed by atoms with Gasteiger partial charge in [0.1, 0.15) is 0 Å². The van der Waals surface area contributed by atoms with E-state index in [1.54, 1.807) is 0 Å². The molecule has 0 saturated heterocycles. The summed E-state index contributed by atoms with van der Waals surface area (Å²) in [5, 5.41) is 1.19. The van der Waals surface area contributed by atoms with Gasteiger partial charge in [-0.2, -0.15) is 0 Å². The molecule has 0 aliphatic heterocycles. The van der Waals surface area contributed by atoms with Crippen LogP contribution in [0.25, 0.3) is 10.9 Å². The third-order valence-electron chi connectivity index (χ3n) is 4.50. The van der Waals surface area contributed by atoms with Gasteiger partial charge in [0.2, 0.25) is 0 Å². The van der Waals surface area contributed by atoms with Crippen LogP contribution in [0.4, 0.5) is 0 Å². The lowest BCUT2D eigenvalue weighted by atomic mass is 9.70. The van der Waals surface area contributed by atoms with Crippen LogP contribution in [-0.4, -0.2) is 4.98 Å². The van der Waals surface area contributed by atoms with E-state index in [1.165, 1.54) is 30.2 Å². The number of fused-ring (bicyclic) bond motifs is 1. The van der Waals surface area contributed by atoms with Crippen LogP contribution in [0, 0.1) is 5.92 Å². The lowest BCUT2D eigenvalue weighted by Crippen LogP contribution is -2.45. The predicted octanol–water partition coefficient (Wildman–Crippen LogP) is 3.60. The van der Waals surface area contributed by atoms with Crippen molar-refractivity contribution >= 4 is 10.9 Å². The summed E-state index contributed by atoms with van der Waals surface area (Å²) in [4.78, 5) is 4.37. The number of aromatic nitrogens is 1. The molecule has 1 saturated carbocycles. The Hall–Kier alpha value is -1.41. The van der Waals surface area contributed by atoms with Gasteiger partial charge in [0.05, 0.1) is 5.52 Å². The number of pyridine rings is 1. The van der Waals surface area contributed by atoms with E-state index in [4.69, 9.17) is 5.73 Å². The molecule has 2 atom stereocenters. The highest BCUT2D eigenvalue weighted by atomic mass is 14.8. The molecule has 2 nitrogen and oxygen atoms in total. The summed E-state index contributed by atoms with van der Waals surface area (Å²) in [5.41, 5.74) is 8.87. The van der Waals surface area contributed by atoms with Crippen molar-refractivity contribution in [1.29, 1.82) is 0 Å². The van der Waals surface area contributed by atoms with E-state index >= 15 is 0 Å². The van der Waals surface area contributed by atoms with Crippen molar-refractivity contribution in [3.8, 4) is 0 Å². The zero-order valence-electron chi connectivity index (χ0n) is 10.9. The molecule has 1 aliphatic rings. The van der Waals surface area contributed by atoms with E-state index in [1.807, 2.05) is 12.3 Å². The Balaban J connectivity index is 2.07. The van der Waals surface area contributed by atoms with Crippen molar-refractivity contribution in [2.45, 2.75) is 38.1 Å². The normalized spacial score (nSPS) is 28.4. The van der Waals surface area contributed by atoms with Crippen molar-refractivity contribution in [2.75, 3.05) is 0 Å². The second-order valence-electron chi connectivity index (χ2n) is 5.60. The van der Waals surface area contributed by atoms with Crippen LogP contribution in [-0.2, 0) is 5.54 Å². The van der Waals surface area contributed by atoms with Crippen LogP contribution >= 0.6 is 0 Å². The van der Waals surface area contributed by atoms with Crippen molar-refractivity contribution < 1.29 is 0 Å². The molecule has 94 valence electrons. The zero-order valence-corrected chi connectivity index (χ0v) is 10.9. The Morgan fingerprint density at radius 1 is 1.28 bits per heavy atom. The highest BCUT2D eigenvalue weighted by Crippen LogP contribution is 2.39. The van der Waals surface area contributed by atoms with Crippen molar-refractivity contribution in [1.82, 2.24) is 4.98 Å². The molecule has 0 spiro atoms. The molecule has 2 N–H and O–H groups in total. The monoisotopic (exact) mass is 240 g/mol. The molecule has 2 heteroatoms. The Bertz CT molecular complexity index is 564. The molecule has 3 rings (SSSR count). The SMILES string of the molecule is CC1CCCCC1(N)c1ccc2ncccc2c1. The maximum absolute atomic E-state index is 6.69. The Morgan fingerprint density at radius 3 is 3.00 bits per heavy atom.